The van der Waals surface area contributed by atoms with Crippen LogP contribution < -0.4 is 15.9 Å². The van der Waals surface area contributed by atoms with Gasteiger partial charge in [-0.3, -0.25) is 4.79 Å². The number of hydrogen-bond acceptors (Lipinski definition) is 4. The zero-order valence-corrected chi connectivity index (χ0v) is 12.6. The molecular weight excluding hydrogens is 303 g/mol. The van der Waals surface area contributed by atoms with Crippen LogP contribution >= 0.6 is 0 Å². The van der Waals surface area contributed by atoms with Gasteiger partial charge in [0.15, 0.2) is 11.6 Å². The number of hydrogen-bond donors (Lipinski definition) is 2. The lowest BCUT2D eigenvalue weighted by atomic mass is 10.1. The lowest BCUT2D eigenvalue weighted by Gasteiger charge is -2.16. The van der Waals surface area contributed by atoms with Gasteiger partial charge in [-0.25, -0.2) is 9.18 Å². The van der Waals surface area contributed by atoms with Crippen LogP contribution in [0.4, 0.5) is 4.39 Å². The molecule has 0 bridgehead atoms. The third-order valence-electron chi connectivity index (χ3n) is 3.92. The molecule has 6 nitrogen and oxygen atoms in total. The molecule has 0 aliphatic heterocycles. The molecule has 23 heavy (non-hydrogen) atoms. The van der Waals surface area contributed by atoms with Gasteiger partial charge >= 0.3 is 5.97 Å². The van der Waals surface area contributed by atoms with Crippen LogP contribution in [0.2, 0.25) is 0 Å². The Morgan fingerprint density at radius 3 is 2.78 bits per heavy atom. The highest BCUT2D eigenvalue weighted by Crippen LogP contribution is 2.38. The van der Waals surface area contributed by atoms with E-state index in [4.69, 9.17) is 10.5 Å². The smallest absolute Gasteiger partial charge is 0.341 e. The number of ether oxygens (including phenoxy) is 1. The number of carbonyl (C=O) groups is 1. The summed E-state index contributed by atoms with van der Waals surface area (Å²) in [6.07, 6.45) is 2.74. The predicted molar refractivity (Wildman–Crippen MR) is 82.5 cm³/mol. The number of benzene rings is 1. The molecule has 1 aliphatic rings. The number of carboxylic acids is 1. The quantitative estimate of drug-likeness (QED) is 0.877. The van der Waals surface area contributed by atoms with E-state index >= 15 is 0 Å². The molecule has 122 valence electrons. The molecule has 1 aromatic heterocycles. The van der Waals surface area contributed by atoms with Crippen molar-refractivity contribution in [3.05, 3.63) is 39.9 Å². The first-order valence-electron chi connectivity index (χ1n) is 7.40. The van der Waals surface area contributed by atoms with Crippen molar-refractivity contribution in [3.63, 3.8) is 0 Å². The van der Waals surface area contributed by atoms with Crippen molar-refractivity contribution in [2.75, 3.05) is 6.54 Å². The number of aromatic carboxylic acids is 1. The first-order valence-corrected chi connectivity index (χ1v) is 7.40. The van der Waals surface area contributed by atoms with Gasteiger partial charge in [0, 0.05) is 30.2 Å². The number of nitrogens with two attached hydrogens (primary N) is 1. The van der Waals surface area contributed by atoms with Gasteiger partial charge in [0.25, 0.3) is 0 Å². The molecule has 2 aromatic rings. The Labute approximate surface area is 131 Å². The molecule has 3 N–H and O–H groups in total. The summed E-state index contributed by atoms with van der Waals surface area (Å²) in [7, 11) is 0. The fourth-order valence-electron chi connectivity index (χ4n) is 2.51. The van der Waals surface area contributed by atoms with Gasteiger partial charge in [0.1, 0.15) is 11.7 Å². The maximum absolute atomic E-state index is 14.2. The van der Waals surface area contributed by atoms with Crippen LogP contribution in [0.5, 0.6) is 5.75 Å². The summed E-state index contributed by atoms with van der Waals surface area (Å²) >= 11 is 0. The average molecular weight is 320 g/mol. The van der Waals surface area contributed by atoms with Gasteiger partial charge in [-0.1, -0.05) is 0 Å². The van der Waals surface area contributed by atoms with E-state index in [1.165, 1.54) is 12.3 Å². The van der Waals surface area contributed by atoms with Crippen LogP contribution in [0.25, 0.3) is 10.9 Å². The molecule has 0 radical (unpaired) electrons. The lowest BCUT2D eigenvalue weighted by molar-refractivity contribution is 0.0695. The van der Waals surface area contributed by atoms with Crippen LogP contribution in [0.15, 0.2) is 23.1 Å². The summed E-state index contributed by atoms with van der Waals surface area (Å²) in [5, 5.41) is 9.22. The molecular formula is C16H17FN2O4. The first kappa shape index (κ1) is 15.5. The monoisotopic (exact) mass is 320 g/mol. The van der Waals surface area contributed by atoms with Crippen LogP contribution in [0.1, 0.15) is 36.2 Å². The van der Waals surface area contributed by atoms with Gasteiger partial charge in [-0.15, -0.1) is 0 Å². The third-order valence-corrected chi connectivity index (χ3v) is 3.92. The standard InChI is InChI=1S/C16H17FN2O4/c1-8(6-18)23-14-5-13-10(4-12(14)17)15(20)11(16(21)22)7-19(13)9-2-3-9/h4-5,7-9H,2-3,6,18H2,1H3,(H,21,22). The Bertz CT molecular complexity index is 842. The van der Waals surface area contributed by atoms with E-state index in [9.17, 15) is 19.1 Å². The van der Waals surface area contributed by atoms with Crippen molar-refractivity contribution >= 4 is 16.9 Å². The Morgan fingerprint density at radius 1 is 1.52 bits per heavy atom. The fourth-order valence-corrected chi connectivity index (χ4v) is 2.51. The second-order valence-corrected chi connectivity index (χ2v) is 5.78. The highest BCUT2D eigenvalue weighted by atomic mass is 19.1. The minimum atomic E-state index is -1.32. The number of carboxylic acid groups (broad SMARTS) is 1. The number of fused-ring (bicyclic) bond motifs is 1. The molecule has 1 saturated carbocycles. The summed E-state index contributed by atoms with van der Waals surface area (Å²) in [5.74, 6) is -2.02. The molecule has 3 rings (SSSR count). The van der Waals surface area contributed by atoms with Crippen LogP contribution in [0, 0.1) is 5.82 Å². The number of nitrogens with zero attached hydrogens (tertiary/aromatic N) is 1. The Kier molecular flexibility index (Phi) is 3.81. The molecule has 0 amide bonds. The highest BCUT2D eigenvalue weighted by Gasteiger charge is 2.27. The van der Waals surface area contributed by atoms with Crippen molar-refractivity contribution < 1.29 is 19.0 Å². The Hall–Kier alpha value is -2.41. The van der Waals surface area contributed by atoms with Crippen LogP contribution in [-0.2, 0) is 0 Å². The van der Waals surface area contributed by atoms with Gasteiger partial charge in [0.2, 0.25) is 5.43 Å². The number of rotatable bonds is 5. The highest BCUT2D eigenvalue weighted by molar-refractivity contribution is 5.93. The minimum Gasteiger partial charge on any atom is -0.486 e. The first-order chi connectivity index (χ1) is 10.9. The number of aromatic nitrogens is 1. The topological polar surface area (TPSA) is 94.6 Å². The van der Waals surface area contributed by atoms with E-state index in [2.05, 4.69) is 0 Å². The maximum Gasteiger partial charge on any atom is 0.341 e. The van der Waals surface area contributed by atoms with E-state index in [1.54, 1.807) is 11.5 Å². The normalized spacial score (nSPS) is 15.6. The van der Waals surface area contributed by atoms with E-state index < -0.39 is 17.2 Å². The van der Waals surface area contributed by atoms with E-state index in [0.717, 1.165) is 18.9 Å². The molecule has 1 aliphatic carbocycles. The van der Waals surface area contributed by atoms with Crippen molar-refractivity contribution in [2.45, 2.75) is 31.9 Å². The van der Waals surface area contributed by atoms with Gasteiger partial charge in [-0.2, -0.15) is 0 Å². The summed E-state index contributed by atoms with van der Waals surface area (Å²) in [6, 6.07) is 2.62. The van der Waals surface area contributed by atoms with Gasteiger partial charge < -0.3 is 20.1 Å². The zero-order chi connectivity index (χ0) is 16.7. The molecule has 7 heteroatoms. The summed E-state index contributed by atoms with van der Waals surface area (Å²) in [5.41, 5.74) is 4.91. The molecule has 1 aromatic carbocycles. The predicted octanol–water partition coefficient (Wildman–Crippen LogP) is 1.90. The van der Waals surface area contributed by atoms with Crippen LogP contribution in [0.3, 0.4) is 0 Å². The average Bonchev–Trinajstić information content (AvgIpc) is 3.33. The molecule has 1 heterocycles. The van der Waals surface area contributed by atoms with E-state index in [-0.39, 0.29) is 35.4 Å². The van der Waals surface area contributed by atoms with E-state index in [0.29, 0.717) is 5.52 Å². The minimum absolute atomic E-state index is 0.00678. The summed E-state index contributed by atoms with van der Waals surface area (Å²) in [6.45, 7) is 1.94. The molecule has 1 fully saturated rings. The Balaban J connectivity index is 2.25. The fraction of sp³-hybridized carbons (Fsp3) is 0.375. The van der Waals surface area contributed by atoms with Gasteiger partial charge in [-0.05, 0) is 25.8 Å². The molecule has 0 saturated heterocycles. The zero-order valence-electron chi connectivity index (χ0n) is 12.6. The van der Waals surface area contributed by atoms with Crippen LogP contribution in [-0.4, -0.2) is 28.3 Å². The van der Waals surface area contributed by atoms with Crippen molar-refractivity contribution in [1.82, 2.24) is 4.57 Å². The molecule has 0 spiro atoms. The SMILES string of the molecule is CC(CN)Oc1cc2c(cc1F)c(=O)c(C(=O)O)cn2C1CC1. The van der Waals surface area contributed by atoms with E-state index in [1.807, 2.05) is 0 Å². The number of halogens is 1. The molecule has 1 atom stereocenters. The molecule has 1 unspecified atom stereocenters. The summed E-state index contributed by atoms with van der Waals surface area (Å²) < 4.78 is 21.4. The number of pyridine rings is 1. The Morgan fingerprint density at radius 2 is 2.22 bits per heavy atom. The summed E-state index contributed by atoms with van der Waals surface area (Å²) in [4.78, 5) is 23.5. The van der Waals surface area contributed by atoms with Crippen molar-refractivity contribution in [2.24, 2.45) is 5.73 Å². The van der Waals surface area contributed by atoms with Crippen molar-refractivity contribution in [3.8, 4) is 5.75 Å². The van der Waals surface area contributed by atoms with Crippen molar-refractivity contribution in [1.29, 1.82) is 0 Å². The maximum atomic E-state index is 14.2. The van der Waals surface area contributed by atoms with Gasteiger partial charge in [0.05, 0.1) is 5.52 Å². The third kappa shape index (κ3) is 2.79. The lowest BCUT2D eigenvalue weighted by Crippen LogP contribution is -2.23. The second-order valence-electron chi connectivity index (χ2n) is 5.78. The largest absolute Gasteiger partial charge is 0.486 e. The second kappa shape index (κ2) is 5.66.